The Kier molecular flexibility index (Phi) is 5.34. The van der Waals surface area contributed by atoms with Crippen molar-refractivity contribution >= 4 is 34.5 Å². The number of carbonyl (C=O) groups is 1. The van der Waals surface area contributed by atoms with E-state index < -0.39 is 0 Å². The van der Waals surface area contributed by atoms with Gasteiger partial charge in [-0.25, -0.2) is 14.4 Å². The molecule has 0 saturated heterocycles. The molecule has 1 N–H and O–H groups in total. The molecule has 2 aromatic heterocycles. The van der Waals surface area contributed by atoms with Crippen molar-refractivity contribution in [3.05, 3.63) is 84.3 Å². The highest BCUT2D eigenvalue weighted by molar-refractivity contribution is 7.99. The zero-order chi connectivity index (χ0) is 19.3. The molecule has 28 heavy (non-hydrogen) atoms. The van der Waals surface area contributed by atoms with E-state index in [0.29, 0.717) is 12.2 Å². The zero-order valence-electron chi connectivity index (χ0n) is 14.9. The van der Waals surface area contributed by atoms with Gasteiger partial charge in [0.25, 0.3) is 0 Å². The molecule has 0 spiro atoms. The third kappa shape index (κ3) is 4.20. The average molecular weight is 392 g/mol. The summed E-state index contributed by atoms with van der Waals surface area (Å²) < 4.78 is 15.0. The molecule has 2 aromatic carbocycles. The molecule has 1 amide bonds. The Hall–Kier alpha value is -3.19. The number of carbonyl (C=O) groups excluding carboxylic acids is 1. The van der Waals surface area contributed by atoms with E-state index in [1.165, 1.54) is 36.0 Å². The summed E-state index contributed by atoms with van der Waals surface area (Å²) in [7, 11) is 0. The minimum atomic E-state index is -0.338. The second-order valence-corrected chi connectivity index (χ2v) is 7.10. The van der Waals surface area contributed by atoms with E-state index >= 15 is 0 Å². The Bertz CT molecular complexity index is 1100. The Morgan fingerprint density at radius 3 is 2.61 bits per heavy atom. The average Bonchev–Trinajstić information content (AvgIpc) is 3.06. The third-order valence-corrected chi connectivity index (χ3v) is 5.09. The summed E-state index contributed by atoms with van der Waals surface area (Å²) in [6, 6.07) is 19.5. The molecule has 0 unspecified atom stereocenters. The molecule has 0 atom stereocenters. The number of nitrogens with one attached hydrogen (secondary N) is 1. The highest BCUT2D eigenvalue weighted by Crippen LogP contribution is 2.24. The van der Waals surface area contributed by atoms with E-state index in [-0.39, 0.29) is 17.5 Å². The maximum absolute atomic E-state index is 13.0. The summed E-state index contributed by atoms with van der Waals surface area (Å²) in [5.74, 6) is -0.326. The largest absolute Gasteiger partial charge is 0.325 e. The summed E-state index contributed by atoms with van der Waals surface area (Å²) in [5, 5.41) is 3.49. The molecule has 0 fully saturated rings. The molecule has 7 heteroatoms. The van der Waals surface area contributed by atoms with Gasteiger partial charge in [0.15, 0.2) is 10.8 Å². The second-order valence-electron chi connectivity index (χ2n) is 6.16. The molecule has 0 aliphatic rings. The third-order valence-electron chi connectivity index (χ3n) is 4.11. The van der Waals surface area contributed by atoms with Crippen LogP contribution >= 0.6 is 11.8 Å². The molecule has 0 aliphatic heterocycles. The fourth-order valence-electron chi connectivity index (χ4n) is 2.82. The van der Waals surface area contributed by atoms with Crippen LogP contribution in [0.2, 0.25) is 0 Å². The molecule has 140 valence electrons. The van der Waals surface area contributed by atoms with Crippen LogP contribution in [0.5, 0.6) is 0 Å². The van der Waals surface area contributed by atoms with Crippen molar-refractivity contribution in [3.8, 4) is 0 Å². The maximum Gasteiger partial charge on any atom is 0.234 e. The first-order valence-electron chi connectivity index (χ1n) is 8.72. The van der Waals surface area contributed by atoms with Crippen molar-refractivity contribution in [1.82, 2.24) is 14.5 Å². The fourth-order valence-corrected chi connectivity index (χ4v) is 3.62. The first-order chi connectivity index (χ1) is 13.7. The van der Waals surface area contributed by atoms with Crippen LogP contribution in [0.3, 0.4) is 0 Å². The van der Waals surface area contributed by atoms with Crippen molar-refractivity contribution < 1.29 is 9.18 Å². The molecular formula is C21H17FN4OS. The molecule has 5 nitrogen and oxygen atoms in total. The number of hydrogen-bond acceptors (Lipinski definition) is 4. The van der Waals surface area contributed by atoms with Crippen LogP contribution in [-0.4, -0.2) is 26.2 Å². The summed E-state index contributed by atoms with van der Waals surface area (Å²) in [4.78, 5) is 21.4. The van der Waals surface area contributed by atoms with Crippen molar-refractivity contribution in [2.45, 2.75) is 11.7 Å². The lowest BCUT2D eigenvalue weighted by Gasteiger charge is -2.09. The van der Waals surface area contributed by atoms with E-state index in [1.54, 1.807) is 6.20 Å². The van der Waals surface area contributed by atoms with Crippen molar-refractivity contribution in [3.63, 3.8) is 0 Å². The van der Waals surface area contributed by atoms with Crippen LogP contribution in [0.4, 0.5) is 10.1 Å². The summed E-state index contributed by atoms with van der Waals surface area (Å²) in [5.41, 5.74) is 3.27. The van der Waals surface area contributed by atoms with Crippen LogP contribution in [0.1, 0.15) is 5.56 Å². The normalized spacial score (nSPS) is 10.9. The number of amides is 1. The van der Waals surface area contributed by atoms with Gasteiger partial charge in [-0.05, 0) is 42.0 Å². The minimum absolute atomic E-state index is 0.178. The quantitative estimate of drug-likeness (QED) is 0.496. The molecule has 4 aromatic rings. The molecule has 0 radical (unpaired) electrons. The Labute approximate surface area is 165 Å². The van der Waals surface area contributed by atoms with Gasteiger partial charge in [-0.3, -0.25) is 9.36 Å². The molecule has 0 aliphatic carbocycles. The van der Waals surface area contributed by atoms with Gasteiger partial charge in [0.2, 0.25) is 5.91 Å². The Balaban J connectivity index is 1.52. The lowest BCUT2D eigenvalue weighted by molar-refractivity contribution is -0.113. The number of aromatic nitrogens is 3. The predicted molar refractivity (Wildman–Crippen MR) is 109 cm³/mol. The first-order valence-corrected chi connectivity index (χ1v) is 9.71. The summed E-state index contributed by atoms with van der Waals surface area (Å²) in [6.45, 7) is 0.621. The van der Waals surface area contributed by atoms with E-state index in [2.05, 4.69) is 15.3 Å². The second kappa shape index (κ2) is 8.22. The zero-order valence-corrected chi connectivity index (χ0v) is 15.7. The van der Waals surface area contributed by atoms with E-state index in [1.807, 2.05) is 47.0 Å². The van der Waals surface area contributed by atoms with Crippen molar-refractivity contribution in [2.24, 2.45) is 0 Å². The molecule has 4 rings (SSSR count). The number of pyridine rings is 1. The number of nitrogens with zero attached hydrogens (tertiary/aromatic N) is 3. The van der Waals surface area contributed by atoms with Crippen LogP contribution in [-0.2, 0) is 11.3 Å². The minimum Gasteiger partial charge on any atom is -0.325 e. The number of rotatable bonds is 6. The predicted octanol–water partition coefficient (Wildman–Crippen LogP) is 4.35. The number of thioether (sulfide) groups is 1. The SMILES string of the molecule is O=C(CSc1nc2cccnc2n1Cc1ccccc1)Nc1ccc(F)cc1. The first kappa shape index (κ1) is 18.2. The van der Waals surface area contributed by atoms with Gasteiger partial charge in [-0.2, -0.15) is 0 Å². The number of hydrogen-bond donors (Lipinski definition) is 1. The van der Waals surface area contributed by atoms with Crippen LogP contribution < -0.4 is 5.32 Å². The molecule has 2 heterocycles. The van der Waals surface area contributed by atoms with Gasteiger partial charge in [0, 0.05) is 11.9 Å². The van der Waals surface area contributed by atoms with E-state index in [9.17, 15) is 9.18 Å². The standard InChI is InChI=1S/C21H17FN4OS/c22-16-8-10-17(11-9-16)24-19(27)14-28-21-25-18-7-4-12-23-20(18)26(21)13-15-5-2-1-3-6-15/h1-12H,13-14H2,(H,24,27). The lowest BCUT2D eigenvalue weighted by atomic mass is 10.2. The van der Waals surface area contributed by atoms with Gasteiger partial charge in [0.05, 0.1) is 12.3 Å². The summed E-state index contributed by atoms with van der Waals surface area (Å²) >= 11 is 1.35. The molecule has 0 saturated carbocycles. The molecule has 0 bridgehead atoms. The number of benzene rings is 2. The van der Waals surface area contributed by atoms with Crippen molar-refractivity contribution in [1.29, 1.82) is 0 Å². The van der Waals surface area contributed by atoms with Gasteiger partial charge in [-0.15, -0.1) is 0 Å². The van der Waals surface area contributed by atoms with Crippen molar-refractivity contribution in [2.75, 3.05) is 11.1 Å². The maximum atomic E-state index is 13.0. The Morgan fingerprint density at radius 1 is 1.04 bits per heavy atom. The summed E-state index contributed by atoms with van der Waals surface area (Å²) in [6.07, 6.45) is 1.74. The van der Waals surface area contributed by atoms with E-state index in [4.69, 9.17) is 0 Å². The van der Waals surface area contributed by atoms with Crippen LogP contribution in [0.25, 0.3) is 11.2 Å². The van der Waals surface area contributed by atoms with Crippen LogP contribution in [0, 0.1) is 5.82 Å². The number of fused-ring (bicyclic) bond motifs is 1. The smallest absolute Gasteiger partial charge is 0.234 e. The van der Waals surface area contributed by atoms with E-state index in [0.717, 1.165) is 21.9 Å². The lowest BCUT2D eigenvalue weighted by Crippen LogP contribution is -2.14. The highest BCUT2D eigenvalue weighted by atomic mass is 32.2. The number of anilines is 1. The van der Waals surface area contributed by atoms with Gasteiger partial charge < -0.3 is 5.32 Å². The number of imidazole rings is 1. The van der Waals surface area contributed by atoms with Gasteiger partial charge in [-0.1, -0.05) is 42.1 Å². The van der Waals surface area contributed by atoms with Crippen LogP contribution in [0.15, 0.2) is 78.1 Å². The monoisotopic (exact) mass is 392 g/mol. The fraction of sp³-hybridized carbons (Fsp3) is 0.0952. The topological polar surface area (TPSA) is 59.8 Å². The van der Waals surface area contributed by atoms with Gasteiger partial charge >= 0.3 is 0 Å². The Morgan fingerprint density at radius 2 is 1.82 bits per heavy atom. The molecular weight excluding hydrogens is 375 g/mol. The van der Waals surface area contributed by atoms with Gasteiger partial charge in [0.1, 0.15) is 11.3 Å². The number of halogens is 1. The highest BCUT2D eigenvalue weighted by Gasteiger charge is 2.14.